The number of benzene rings is 2. The van der Waals surface area contributed by atoms with Crippen molar-refractivity contribution in [1.29, 1.82) is 0 Å². The fourth-order valence-corrected chi connectivity index (χ4v) is 2.29. The van der Waals surface area contributed by atoms with E-state index < -0.39 is 5.82 Å². The zero-order valence-corrected chi connectivity index (χ0v) is 13.0. The zero-order valence-electron chi connectivity index (χ0n) is 13.0. The van der Waals surface area contributed by atoms with Crippen molar-refractivity contribution in [1.82, 2.24) is 5.32 Å². The van der Waals surface area contributed by atoms with Crippen LogP contribution in [0.25, 0.3) is 0 Å². The summed E-state index contributed by atoms with van der Waals surface area (Å²) in [6.07, 6.45) is 0. The molecule has 116 valence electrons. The molecule has 0 heterocycles. The molecule has 2 rings (SSSR count). The van der Waals surface area contributed by atoms with E-state index in [1.165, 1.54) is 12.1 Å². The lowest BCUT2D eigenvalue weighted by atomic mass is 10.00. The van der Waals surface area contributed by atoms with Gasteiger partial charge in [-0.25, -0.2) is 4.39 Å². The summed E-state index contributed by atoms with van der Waals surface area (Å²) in [4.78, 5) is 11.9. The van der Waals surface area contributed by atoms with E-state index in [0.29, 0.717) is 0 Å². The van der Waals surface area contributed by atoms with E-state index in [9.17, 15) is 9.18 Å². The van der Waals surface area contributed by atoms with E-state index in [0.717, 1.165) is 16.7 Å². The van der Waals surface area contributed by atoms with Crippen molar-refractivity contribution in [2.24, 2.45) is 0 Å². The van der Waals surface area contributed by atoms with E-state index in [1.54, 1.807) is 12.1 Å². The van der Waals surface area contributed by atoms with Gasteiger partial charge >= 0.3 is 0 Å². The predicted molar refractivity (Wildman–Crippen MR) is 84.4 cm³/mol. The van der Waals surface area contributed by atoms with Gasteiger partial charge < -0.3 is 10.1 Å². The molecule has 1 N–H and O–H groups in total. The van der Waals surface area contributed by atoms with Gasteiger partial charge in [-0.1, -0.05) is 35.9 Å². The smallest absolute Gasteiger partial charge is 0.258 e. The van der Waals surface area contributed by atoms with Crippen LogP contribution in [0.15, 0.2) is 42.5 Å². The fraction of sp³-hybridized carbons (Fsp3) is 0.278. The summed E-state index contributed by atoms with van der Waals surface area (Å²) in [6.45, 7) is 5.73. The molecular formula is C18H20FNO2. The second-order valence-corrected chi connectivity index (χ2v) is 5.37. The van der Waals surface area contributed by atoms with Crippen LogP contribution in [0.3, 0.4) is 0 Å². The van der Waals surface area contributed by atoms with Crippen LogP contribution in [0.5, 0.6) is 5.75 Å². The summed E-state index contributed by atoms with van der Waals surface area (Å²) in [5, 5.41) is 2.87. The first-order valence-corrected chi connectivity index (χ1v) is 7.21. The van der Waals surface area contributed by atoms with E-state index in [-0.39, 0.29) is 24.3 Å². The number of hydrogen-bond acceptors (Lipinski definition) is 2. The molecular weight excluding hydrogens is 281 g/mol. The Morgan fingerprint density at radius 1 is 1.23 bits per heavy atom. The van der Waals surface area contributed by atoms with Crippen molar-refractivity contribution in [3.63, 3.8) is 0 Å². The van der Waals surface area contributed by atoms with Gasteiger partial charge in [0.25, 0.3) is 5.91 Å². The minimum absolute atomic E-state index is 0.0806. The van der Waals surface area contributed by atoms with Crippen LogP contribution >= 0.6 is 0 Å². The number of ether oxygens (including phenoxy) is 1. The van der Waals surface area contributed by atoms with Gasteiger partial charge in [0.1, 0.15) is 0 Å². The highest BCUT2D eigenvalue weighted by Gasteiger charge is 2.13. The number of aryl methyl sites for hydroxylation is 2. The zero-order chi connectivity index (χ0) is 16.1. The minimum Gasteiger partial charge on any atom is -0.481 e. The van der Waals surface area contributed by atoms with Crippen LogP contribution in [0, 0.1) is 19.7 Å². The molecule has 0 aromatic heterocycles. The molecule has 0 aliphatic carbocycles. The Labute approximate surface area is 130 Å². The lowest BCUT2D eigenvalue weighted by molar-refractivity contribution is -0.123. The molecule has 2 aromatic carbocycles. The number of halogens is 1. The van der Waals surface area contributed by atoms with Crippen LogP contribution in [0.4, 0.5) is 4.39 Å². The maximum Gasteiger partial charge on any atom is 0.258 e. The van der Waals surface area contributed by atoms with E-state index in [1.807, 2.05) is 32.9 Å². The Hall–Kier alpha value is -2.36. The first kappa shape index (κ1) is 16.0. The number of amides is 1. The predicted octanol–water partition coefficient (Wildman–Crippen LogP) is 3.70. The average molecular weight is 301 g/mol. The summed E-state index contributed by atoms with van der Waals surface area (Å²) >= 11 is 0. The van der Waals surface area contributed by atoms with Crippen molar-refractivity contribution < 1.29 is 13.9 Å². The maximum atomic E-state index is 13.4. The Balaban J connectivity index is 1.94. The molecule has 1 atom stereocenters. The summed E-state index contributed by atoms with van der Waals surface area (Å²) in [5.41, 5.74) is 3.33. The Bertz CT molecular complexity index is 670. The van der Waals surface area contributed by atoms with Crippen molar-refractivity contribution in [2.75, 3.05) is 6.61 Å². The first-order chi connectivity index (χ1) is 10.5. The van der Waals surface area contributed by atoms with Gasteiger partial charge in [-0.2, -0.15) is 0 Å². The highest BCUT2D eigenvalue weighted by molar-refractivity contribution is 5.78. The second kappa shape index (κ2) is 7.07. The lowest BCUT2D eigenvalue weighted by Gasteiger charge is -2.17. The van der Waals surface area contributed by atoms with Gasteiger partial charge in [0.2, 0.25) is 0 Å². The molecule has 0 spiro atoms. The SMILES string of the molecule is Cc1ccc(C)c([C@@H](C)NC(=O)COc2ccccc2F)c1. The molecule has 0 aliphatic rings. The molecule has 0 saturated heterocycles. The normalized spacial score (nSPS) is 11.8. The highest BCUT2D eigenvalue weighted by atomic mass is 19.1. The van der Waals surface area contributed by atoms with Gasteiger partial charge in [0.15, 0.2) is 18.2 Å². The van der Waals surface area contributed by atoms with Crippen LogP contribution < -0.4 is 10.1 Å². The molecule has 0 radical (unpaired) electrons. The molecule has 0 bridgehead atoms. The van der Waals surface area contributed by atoms with Crippen LogP contribution in [-0.4, -0.2) is 12.5 Å². The number of rotatable bonds is 5. The monoisotopic (exact) mass is 301 g/mol. The molecule has 22 heavy (non-hydrogen) atoms. The van der Waals surface area contributed by atoms with Gasteiger partial charge in [0, 0.05) is 0 Å². The third-order valence-corrected chi connectivity index (χ3v) is 3.47. The summed E-state index contributed by atoms with van der Waals surface area (Å²) in [6, 6.07) is 12.0. The third-order valence-electron chi connectivity index (χ3n) is 3.47. The Morgan fingerprint density at radius 3 is 2.68 bits per heavy atom. The molecule has 2 aromatic rings. The number of hydrogen-bond donors (Lipinski definition) is 1. The van der Waals surface area contributed by atoms with Gasteiger partial charge in [0.05, 0.1) is 6.04 Å². The van der Waals surface area contributed by atoms with Crippen molar-refractivity contribution in [2.45, 2.75) is 26.8 Å². The third kappa shape index (κ3) is 4.07. The summed E-state index contributed by atoms with van der Waals surface area (Å²) < 4.78 is 18.6. The first-order valence-electron chi connectivity index (χ1n) is 7.21. The Morgan fingerprint density at radius 2 is 1.95 bits per heavy atom. The summed E-state index contributed by atoms with van der Waals surface area (Å²) in [5.74, 6) is -0.674. The second-order valence-electron chi connectivity index (χ2n) is 5.37. The van der Waals surface area contributed by atoms with Gasteiger partial charge in [-0.3, -0.25) is 4.79 Å². The number of carbonyl (C=O) groups excluding carboxylic acids is 1. The highest BCUT2D eigenvalue weighted by Crippen LogP contribution is 2.19. The van der Waals surface area contributed by atoms with Crippen molar-refractivity contribution in [3.05, 3.63) is 65.0 Å². The average Bonchev–Trinajstić information content (AvgIpc) is 2.48. The number of para-hydroxylation sites is 1. The van der Waals surface area contributed by atoms with Gasteiger partial charge in [-0.15, -0.1) is 0 Å². The largest absolute Gasteiger partial charge is 0.481 e. The topological polar surface area (TPSA) is 38.3 Å². The molecule has 4 heteroatoms. The van der Waals surface area contributed by atoms with Crippen molar-refractivity contribution >= 4 is 5.91 Å². The molecule has 0 fully saturated rings. The molecule has 1 amide bonds. The fourth-order valence-electron chi connectivity index (χ4n) is 2.29. The van der Waals surface area contributed by atoms with E-state index >= 15 is 0 Å². The summed E-state index contributed by atoms with van der Waals surface area (Å²) in [7, 11) is 0. The van der Waals surface area contributed by atoms with Gasteiger partial charge in [-0.05, 0) is 44.0 Å². The van der Waals surface area contributed by atoms with E-state index in [4.69, 9.17) is 4.74 Å². The van der Waals surface area contributed by atoms with Crippen LogP contribution in [-0.2, 0) is 4.79 Å². The standard InChI is InChI=1S/C18H20FNO2/c1-12-8-9-13(2)15(10-12)14(3)20-18(21)11-22-17-7-5-4-6-16(17)19/h4-10,14H,11H2,1-3H3,(H,20,21)/t14-/m1/s1. The number of nitrogens with one attached hydrogen (secondary N) is 1. The molecule has 0 aliphatic heterocycles. The van der Waals surface area contributed by atoms with Crippen LogP contribution in [0.1, 0.15) is 29.7 Å². The molecule has 0 unspecified atom stereocenters. The van der Waals surface area contributed by atoms with E-state index in [2.05, 4.69) is 11.4 Å². The molecule has 0 saturated carbocycles. The lowest BCUT2D eigenvalue weighted by Crippen LogP contribution is -2.31. The Kier molecular flexibility index (Phi) is 5.15. The maximum absolute atomic E-state index is 13.4. The van der Waals surface area contributed by atoms with Crippen LogP contribution in [0.2, 0.25) is 0 Å². The minimum atomic E-state index is -0.474. The van der Waals surface area contributed by atoms with Crippen molar-refractivity contribution in [3.8, 4) is 5.75 Å². The number of carbonyl (C=O) groups is 1. The quantitative estimate of drug-likeness (QED) is 0.914. The molecule has 3 nitrogen and oxygen atoms in total.